The van der Waals surface area contributed by atoms with Crippen molar-refractivity contribution >= 4 is 40.3 Å². The molecule has 7 heteroatoms. The summed E-state index contributed by atoms with van der Waals surface area (Å²) < 4.78 is 2.07. The molecule has 4 atom stereocenters. The van der Waals surface area contributed by atoms with Gasteiger partial charge in [-0.25, -0.2) is 0 Å². The maximum Gasteiger partial charge on any atom is 0.174 e. The number of benzene rings is 1. The highest BCUT2D eigenvalue weighted by Crippen LogP contribution is 2.43. The van der Waals surface area contributed by atoms with Crippen molar-refractivity contribution < 1.29 is 0 Å². The smallest absolute Gasteiger partial charge is 0.174 e. The van der Waals surface area contributed by atoms with Gasteiger partial charge in [0.25, 0.3) is 0 Å². The fourth-order valence-electron chi connectivity index (χ4n) is 5.43. The molecule has 5 rings (SSSR count). The van der Waals surface area contributed by atoms with Crippen LogP contribution in [-0.2, 0) is 7.05 Å². The summed E-state index contributed by atoms with van der Waals surface area (Å²) in [5.41, 5.74) is 4.25. The Morgan fingerprint density at radius 3 is 2.52 bits per heavy atom. The first-order valence-corrected chi connectivity index (χ1v) is 12.4. The van der Waals surface area contributed by atoms with Gasteiger partial charge in [0.15, 0.2) is 5.11 Å². The molecule has 2 aliphatic rings. The summed E-state index contributed by atoms with van der Waals surface area (Å²) in [7, 11) is 2.04. The number of pyridine rings is 1. The van der Waals surface area contributed by atoms with E-state index in [1.165, 1.54) is 12.0 Å². The maximum atomic E-state index is 6.89. The molecular formula is C26H30ClN5S. The van der Waals surface area contributed by atoms with Crippen LogP contribution in [-0.4, -0.2) is 27.8 Å². The van der Waals surface area contributed by atoms with Crippen molar-refractivity contribution in [3.8, 4) is 0 Å². The molecule has 2 fully saturated rings. The van der Waals surface area contributed by atoms with Gasteiger partial charge in [-0.15, -0.1) is 0 Å². The first kappa shape index (κ1) is 22.2. The Balaban J connectivity index is 1.51. The van der Waals surface area contributed by atoms with Crippen LogP contribution in [0.4, 0.5) is 11.4 Å². The molecule has 0 bridgehead atoms. The van der Waals surface area contributed by atoms with Gasteiger partial charge in [0.05, 0.1) is 28.5 Å². The molecular weight excluding hydrogens is 450 g/mol. The summed E-state index contributed by atoms with van der Waals surface area (Å²) >= 11 is 12.7. The number of piperidine rings is 1. The molecule has 1 aromatic carbocycles. The van der Waals surface area contributed by atoms with E-state index in [9.17, 15) is 0 Å². The van der Waals surface area contributed by atoms with Crippen LogP contribution in [0.25, 0.3) is 0 Å². The number of anilines is 2. The van der Waals surface area contributed by atoms with Gasteiger partial charge in [0, 0.05) is 44.4 Å². The van der Waals surface area contributed by atoms with Gasteiger partial charge < -0.3 is 19.7 Å². The molecule has 5 nitrogen and oxygen atoms in total. The van der Waals surface area contributed by atoms with Gasteiger partial charge in [0.1, 0.15) is 0 Å². The van der Waals surface area contributed by atoms with Crippen LogP contribution in [0.2, 0.25) is 5.02 Å². The third-order valence-corrected chi connectivity index (χ3v) is 7.33. The molecule has 1 N–H and O–H groups in total. The van der Waals surface area contributed by atoms with E-state index in [4.69, 9.17) is 23.8 Å². The molecule has 0 unspecified atom stereocenters. The standard InChI is InChI=1S/C26H30ClN5S/c1-17-12-18(2)15-31(14-17)23-8-7-20(13-21(23)27)32-25(19-9-11-30(3)16-19)24(29-26(32)33)22-6-4-5-10-28-22/h4-11,13,16-18,24-25H,12,14-15H2,1-3H3,(H,29,33)/t17-,18+,24-,25-/m0/s1. The van der Waals surface area contributed by atoms with Crippen LogP contribution in [0.15, 0.2) is 61.1 Å². The van der Waals surface area contributed by atoms with Crippen LogP contribution in [0.5, 0.6) is 0 Å². The van der Waals surface area contributed by atoms with Crippen LogP contribution >= 0.6 is 23.8 Å². The van der Waals surface area contributed by atoms with Crippen molar-refractivity contribution in [2.75, 3.05) is 22.9 Å². The highest BCUT2D eigenvalue weighted by atomic mass is 35.5. The van der Waals surface area contributed by atoms with Gasteiger partial charge in [-0.2, -0.15) is 0 Å². The number of halogens is 1. The average Bonchev–Trinajstić information content (AvgIpc) is 3.36. The Labute approximate surface area is 206 Å². The van der Waals surface area contributed by atoms with Crippen LogP contribution < -0.4 is 15.1 Å². The Morgan fingerprint density at radius 2 is 1.88 bits per heavy atom. The van der Waals surface area contributed by atoms with Crippen molar-refractivity contribution in [3.05, 3.63) is 77.3 Å². The molecule has 0 radical (unpaired) electrons. The van der Waals surface area contributed by atoms with Gasteiger partial charge in [-0.3, -0.25) is 4.98 Å². The lowest BCUT2D eigenvalue weighted by molar-refractivity contribution is 0.357. The molecule has 0 amide bonds. The highest BCUT2D eigenvalue weighted by molar-refractivity contribution is 7.80. The normalized spacial score (nSPS) is 25.4. The second-order valence-electron chi connectivity index (χ2n) is 9.59. The van der Waals surface area contributed by atoms with Crippen LogP contribution in [0, 0.1) is 11.8 Å². The summed E-state index contributed by atoms with van der Waals surface area (Å²) in [5.74, 6) is 1.34. The molecule has 172 valence electrons. The zero-order valence-corrected chi connectivity index (χ0v) is 20.9. The molecule has 0 spiro atoms. The van der Waals surface area contributed by atoms with E-state index in [0.29, 0.717) is 16.9 Å². The second-order valence-corrected chi connectivity index (χ2v) is 10.4. The Kier molecular flexibility index (Phi) is 6.06. The first-order valence-electron chi connectivity index (χ1n) is 11.6. The number of hydrogen-bond acceptors (Lipinski definition) is 3. The van der Waals surface area contributed by atoms with Crippen molar-refractivity contribution in [2.24, 2.45) is 18.9 Å². The lowest BCUT2D eigenvalue weighted by Gasteiger charge is -2.37. The Hall–Kier alpha value is -2.57. The Bertz CT molecular complexity index is 1140. The molecule has 4 heterocycles. The number of rotatable bonds is 4. The SMILES string of the molecule is C[C@@H]1C[C@H](C)CN(c2ccc(N3C(=S)N[C@@H](c4ccccn4)[C@@H]3c3ccn(C)c3)cc2Cl)C1. The number of hydrogen-bond donors (Lipinski definition) is 1. The van der Waals surface area contributed by atoms with E-state index >= 15 is 0 Å². The van der Waals surface area contributed by atoms with Gasteiger partial charge in [0.2, 0.25) is 0 Å². The largest absolute Gasteiger partial charge is 0.370 e. The summed E-state index contributed by atoms with van der Waals surface area (Å²) in [6.45, 7) is 6.73. The summed E-state index contributed by atoms with van der Waals surface area (Å²) in [6, 6.07) is 14.4. The van der Waals surface area contributed by atoms with Gasteiger partial charge >= 0.3 is 0 Å². The lowest BCUT2D eigenvalue weighted by atomic mass is 9.91. The fraction of sp³-hybridized carbons (Fsp3) is 0.385. The number of aryl methyl sites for hydroxylation is 1. The molecule has 0 saturated carbocycles. The molecule has 2 aromatic heterocycles. The van der Waals surface area contributed by atoms with Crippen molar-refractivity contribution in [3.63, 3.8) is 0 Å². The number of nitrogens with one attached hydrogen (secondary N) is 1. The number of nitrogens with zero attached hydrogens (tertiary/aromatic N) is 4. The second kappa shape index (κ2) is 8.99. The predicted molar refractivity (Wildman–Crippen MR) is 140 cm³/mol. The lowest BCUT2D eigenvalue weighted by Crippen LogP contribution is -2.38. The molecule has 2 saturated heterocycles. The summed E-state index contributed by atoms with van der Waals surface area (Å²) in [6.07, 6.45) is 7.32. The third kappa shape index (κ3) is 4.34. The topological polar surface area (TPSA) is 36.3 Å². The van der Waals surface area contributed by atoms with E-state index in [2.05, 4.69) is 81.2 Å². The van der Waals surface area contributed by atoms with E-state index in [1.807, 2.05) is 25.4 Å². The van der Waals surface area contributed by atoms with Crippen molar-refractivity contribution in [1.29, 1.82) is 0 Å². The van der Waals surface area contributed by atoms with E-state index in [0.717, 1.165) is 35.2 Å². The minimum atomic E-state index is -0.0525. The summed E-state index contributed by atoms with van der Waals surface area (Å²) in [5, 5.41) is 4.97. The predicted octanol–water partition coefficient (Wildman–Crippen LogP) is 5.73. The minimum absolute atomic E-state index is 0.0226. The summed E-state index contributed by atoms with van der Waals surface area (Å²) in [4.78, 5) is 9.23. The zero-order chi connectivity index (χ0) is 23.1. The fourth-order valence-corrected chi connectivity index (χ4v) is 6.07. The number of thiocarbonyl (C=S) groups is 1. The van der Waals surface area contributed by atoms with Crippen molar-refractivity contribution in [1.82, 2.24) is 14.9 Å². The van der Waals surface area contributed by atoms with Crippen LogP contribution in [0.1, 0.15) is 43.6 Å². The first-order chi connectivity index (χ1) is 15.9. The van der Waals surface area contributed by atoms with Crippen LogP contribution in [0.3, 0.4) is 0 Å². The monoisotopic (exact) mass is 479 g/mol. The van der Waals surface area contributed by atoms with E-state index < -0.39 is 0 Å². The van der Waals surface area contributed by atoms with E-state index in [1.54, 1.807) is 0 Å². The van der Waals surface area contributed by atoms with Crippen molar-refractivity contribution in [2.45, 2.75) is 32.4 Å². The molecule has 0 aliphatic carbocycles. The van der Waals surface area contributed by atoms with E-state index in [-0.39, 0.29) is 12.1 Å². The molecule has 3 aromatic rings. The molecule has 2 aliphatic heterocycles. The minimum Gasteiger partial charge on any atom is -0.370 e. The van der Waals surface area contributed by atoms with Gasteiger partial charge in [-0.05, 0) is 72.4 Å². The Morgan fingerprint density at radius 1 is 1.09 bits per heavy atom. The van der Waals surface area contributed by atoms with Gasteiger partial charge in [-0.1, -0.05) is 31.5 Å². The quantitative estimate of drug-likeness (QED) is 0.483. The molecule has 33 heavy (non-hydrogen) atoms. The number of aromatic nitrogens is 2. The third-order valence-electron chi connectivity index (χ3n) is 6.71. The highest BCUT2D eigenvalue weighted by Gasteiger charge is 2.41. The average molecular weight is 480 g/mol. The zero-order valence-electron chi connectivity index (χ0n) is 19.3. The maximum absolute atomic E-state index is 6.89.